The molecule has 3 N–H and O–H groups in total. The number of aliphatic carboxylic acids is 1. The van der Waals surface area contributed by atoms with Crippen LogP contribution in [0.15, 0.2) is 30.3 Å². The summed E-state index contributed by atoms with van der Waals surface area (Å²) in [5, 5.41) is 14.6. The maximum absolute atomic E-state index is 13.6. The van der Waals surface area contributed by atoms with Gasteiger partial charge >= 0.3 is 18.1 Å². The van der Waals surface area contributed by atoms with Gasteiger partial charge in [0, 0.05) is 25.9 Å². The lowest BCUT2D eigenvalue weighted by molar-refractivity contribution is -0.150. The van der Waals surface area contributed by atoms with Crippen LogP contribution in [0, 0.1) is 5.92 Å². The minimum absolute atomic E-state index is 0.166. The number of likely N-dealkylation sites (N-methyl/N-ethyl adjacent to an activating group) is 1. The predicted octanol–water partition coefficient (Wildman–Crippen LogP) is 2.90. The Morgan fingerprint density at radius 2 is 1.83 bits per heavy atom. The molecule has 0 saturated carbocycles. The van der Waals surface area contributed by atoms with Crippen LogP contribution in [0.25, 0.3) is 0 Å². The van der Waals surface area contributed by atoms with E-state index >= 15 is 0 Å². The molecule has 1 saturated heterocycles. The van der Waals surface area contributed by atoms with Crippen LogP contribution in [0.3, 0.4) is 0 Å². The molecule has 0 spiro atoms. The molecule has 3 atom stereocenters. The zero-order valence-electron chi connectivity index (χ0n) is 21.1. The second-order valence-electron chi connectivity index (χ2n) is 9.72. The molecule has 194 valence electrons. The van der Waals surface area contributed by atoms with Crippen molar-refractivity contribution in [1.82, 2.24) is 20.4 Å². The van der Waals surface area contributed by atoms with E-state index in [4.69, 9.17) is 4.74 Å². The fourth-order valence-electron chi connectivity index (χ4n) is 3.50. The maximum atomic E-state index is 13.6. The smallest absolute Gasteiger partial charge is 0.407 e. The maximum Gasteiger partial charge on any atom is 0.407 e. The van der Waals surface area contributed by atoms with Gasteiger partial charge < -0.3 is 30.3 Å². The second kappa shape index (κ2) is 12.1. The van der Waals surface area contributed by atoms with Crippen LogP contribution in [0.5, 0.6) is 0 Å². The molecule has 1 aromatic carbocycles. The Balaban J connectivity index is 2.08. The van der Waals surface area contributed by atoms with E-state index in [2.05, 4.69) is 10.6 Å². The van der Waals surface area contributed by atoms with Gasteiger partial charge in [0.25, 0.3) is 0 Å². The number of ether oxygens (including phenoxy) is 1. The summed E-state index contributed by atoms with van der Waals surface area (Å²) in [4.78, 5) is 52.9. The van der Waals surface area contributed by atoms with Crippen LogP contribution < -0.4 is 10.6 Å². The van der Waals surface area contributed by atoms with Crippen molar-refractivity contribution in [3.05, 3.63) is 35.9 Å². The number of carbonyl (C=O) groups is 4. The molecule has 1 aliphatic heterocycles. The summed E-state index contributed by atoms with van der Waals surface area (Å²) in [6, 6.07) is 6.84. The number of hydrogen-bond donors (Lipinski definition) is 3. The Hall–Kier alpha value is -2.95. The number of carboxylic acids is 1. The van der Waals surface area contributed by atoms with Crippen molar-refractivity contribution >= 4 is 35.8 Å². The molecule has 0 radical (unpaired) electrons. The van der Waals surface area contributed by atoms with Crippen molar-refractivity contribution in [2.75, 3.05) is 25.9 Å². The number of rotatable bonds is 8. The Morgan fingerprint density at radius 3 is 2.37 bits per heavy atom. The number of nitrogens with zero attached hydrogens (tertiary/aromatic N) is 2. The summed E-state index contributed by atoms with van der Waals surface area (Å²) in [5.74, 6) is -1.55. The average molecular weight is 509 g/mol. The van der Waals surface area contributed by atoms with Gasteiger partial charge in [0.05, 0.1) is 0 Å². The first kappa shape index (κ1) is 28.3. The van der Waals surface area contributed by atoms with Crippen LogP contribution in [-0.4, -0.2) is 82.5 Å². The highest BCUT2D eigenvalue weighted by Crippen LogP contribution is 2.42. The van der Waals surface area contributed by atoms with E-state index in [1.165, 1.54) is 21.6 Å². The van der Waals surface area contributed by atoms with Gasteiger partial charge in [-0.05, 0) is 32.3 Å². The van der Waals surface area contributed by atoms with E-state index in [9.17, 15) is 24.3 Å². The van der Waals surface area contributed by atoms with Crippen molar-refractivity contribution < 1.29 is 29.0 Å². The lowest BCUT2D eigenvalue weighted by Gasteiger charge is -2.33. The van der Waals surface area contributed by atoms with Crippen LogP contribution in [0.1, 0.15) is 45.6 Å². The molecule has 2 rings (SSSR count). The molecular weight excluding hydrogens is 472 g/mol. The SMILES string of the molecule is CC(C)[C@H](NC(=O)N(C)CCNC(=O)OC(C)(C)C)C(=O)N1C(c2ccccc2)SC[C@H]1C(=O)O. The zero-order valence-corrected chi connectivity index (χ0v) is 21.9. The number of carbonyl (C=O) groups excluding carboxylic acids is 3. The van der Waals surface area contributed by atoms with Gasteiger partial charge in [0.15, 0.2) is 0 Å². The van der Waals surface area contributed by atoms with Crippen molar-refractivity contribution in [3.8, 4) is 0 Å². The standard InChI is InChI=1S/C24H36N4O6S/c1-15(2)18(26-22(32)27(6)13-12-25-23(33)34-24(3,4)5)19(29)28-17(21(30)31)14-35-20(28)16-10-8-7-9-11-16/h7-11,15,17-18,20H,12-14H2,1-6H3,(H,25,33)(H,26,32)(H,30,31)/t17-,18-,20?/m0/s1. The molecule has 1 aromatic rings. The van der Waals surface area contributed by atoms with E-state index in [-0.39, 0.29) is 24.8 Å². The van der Waals surface area contributed by atoms with E-state index in [1.807, 2.05) is 30.3 Å². The Labute approximate surface area is 210 Å². The van der Waals surface area contributed by atoms with Crippen molar-refractivity contribution in [3.63, 3.8) is 0 Å². The topological polar surface area (TPSA) is 128 Å². The quantitative estimate of drug-likeness (QED) is 0.492. The number of hydrogen-bond acceptors (Lipinski definition) is 6. The molecule has 1 aliphatic rings. The molecular formula is C24H36N4O6S. The second-order valence-corrected chi connectivity index (χ2v) is 10.8. The first-order chi connectivity index (χ1) is 16.3. The van der Waals surface area contributed by atoms with E-state index in [0.29, 0.717) is 0 Å². The van der Waals surface area contributed by atoms with Gasteiger partial charge in [-0.2, -0.15) is 0 Å². The highest BCUT2D eigenvalue weighted by molar-refractivity contribution is 7.99. The van der Waals surface area contributed by atoms with Gasteiger partial charge in [-0.15, -0.1) is 11.8 Å². The third-order valence-electron chi connectivity index (χ3n) is 5.30. The third-order valence-corrected chi connectivity index (χ3v) is 6.62. The number of thioether (sulfide) groups is 1. The monoisotopic (exact) mass is 508 g/mol. The van der Waals surface area contributed by atoms with E-state index < -0.39 is 47.1 Å². The van der Waals surface area contributed by atoms with E-state index in [0.717, 1.165) is 5.56 Å². The fraction of sp³-hybridized carbons (Fsp3) is 0.583. The summed E-state index contributed by atoms with van der Waals surface area (Å²) in [5.41, 5.74) is 0.200. The molecule has 0 bridgehead atoms. The Morgan fingerprint density at radius 1 is 1.20 bits per heavy atom. The summed E-state index contributed by atoms with van der Waals surface area (Å²) in [6.45, 7) is 9.21. The van der Waals surface area contributed by atoms with Gasteiger partial charge in [-0.3, -0.25) is 4.79 Å². The van der Waals surface area contributed by atoms with Gasteiger partial charge in [0.2, 0.25) is 5.91 Å². The van der Waals surface area contributed by atoms with Gasteiger partial charge in [-0.1, -0.05) is 44.2 Å². The Kier molecular flexibility index (Phi) is 9.82. The van der Waals surface area contributed by atoms with Crippen molar-refractivity contribution in [2.24, 2.45) is 5.92 Å². The molecule has 1 unspecified atom stereocenters. The van der Waals surface area contributed by atoms with Crippen LogP contribution in [0.4, 0.5) is 9.59 Å². The molecule has 10 nitrogen and oxygen atoms in total. The molecule has 11 heteroatoms. The minimum Gasteiger partial charge on any atom is -0.480 e. The molecule has 0 aliphatic carbocycles. The summed E-state index contributed by atoms with van der Waals surface area (Å²) >= 11 is 1.39. The zero-order chi connectivity index (χ0) is 26.3. The average Bonchev–Trinajstić information content (AvgIpc) is 3.21. The first-order valence-corrected chi connectivity index (χ1v) is 12.6. The minimum atomic E-state index is -1.08. The lowest BCUT2D eigenvalue weighted by Crippen LogP contribution is -2.56. The molecule has 4 amide bonds. The van der Waals surface area contributed by atoms with Crippen LogP contribution >= 0.6 is 11.8 Å². The van der Waals surface area contributed by atoms with Crippen molar-refractivity contribution in [2.45, 2.75) is 57.7 Å². The number of alkyl carbamates (subject to hydrolysis) is 1. The normalized spacial score (nSPS) is 18.7. The van der Waals surface area contributed by atoms with Crippen LogP contribution in [-0.2, 0) is 14.3 Å². The number of amides is 4. The number of carboxylic acid groups (broad SMARTS) is 1. The number of urea groups is 1. The largest absolute Gasteiger partial charge is 0.480 e. The van der Waals surface area contributed by atoms with Gasteiger partial charge in [-0.25, -0.2) is 14.4 Å². The molecule has 0 aromatic heterocycles. The molecule has 1 heterocycles. The highest BCUT2D eigenvalue weighted by Gasteiger charge is 2.45. The lowest BCUT2D eigenvalue weighted by atomic mass is 10.0. The van der Waals surface area contributed by atoms with Crippen molar-refractivity contribution in [1.29, 1.82) is 0 Å². The number of benzene rings is 1. The molecule has 35 heavy (non-hydrogen) atoms. The highest BCUT2D eigenvalue weighted by atomic mass is 32.2. The van der Waals surface area contributed by atoms with Gasteiger partial charge in [0.1, 0.15) is 23.1 Å². The third kappa shape index (κ3) is 8.05. The van der Waals surface area contributed by atoms with E-state index in [1.54, 1.807) is 41.7 Å². The first-order valence-electron chi connectivity index (χ1n) is 11.5. The molecule has 1 fully saturated rings. The summed E-state index contributed by atoms with van der Waals surface area (Å²) < 4.78 is 5.17. The Bertz CT molecular complexity index is 905. The fourth-order valence-corrected chi connectivity index (χ4v) is 4.93. The number of nitrogens with one attached hydrogen (secondary N) is 2. The summed E-state index contributed by atoms with van der Waals surface area (Å²) in [6.07, 6.45) is -0.584. The summed E-state index contributed by atoms with van der Waals surface area (Å²) in [7, 11) is 1.55. The predicted molar refractivity (Wildman–Crippen MR) is 134 cm³/mol. The van der Waals surface area contributed by atoms with Crippen LogP contribution in [0.2, 0.25) is 0 Å².